The molecule has 7 nitrogen and oxygen atoms in total. The lowest BCUT2D eigenvalue weighted by Gasteiger charge is -2.16. The normalized spacial score (nSPS) is 12.5. The molecule has 1 aliphatic heterocycles. The third kappa shape index (κ3) is 4.93. The Balaban J connectivity index is 1.45. The predicted molar refractivity (Wildman–Crippen MR) is 126 cm³/mol. The Morgan fingerprint density at radius 3 is 2.38 bits per heavy atom. The number of rotatable bonds is 6. The highest BCUT2D eigenvalue weighted by molar-refractivity contribution is 6.52. The van der Waals surface area contributed by atoms with E-state index in [1.54, 1.807) is 0 Å². The summed E-state index contributed by atoms with van der Waals surface area (Å²) >= 11 is 11.9. The zero-order valence-electron chi connectivity index (χ0n) is 17.4. The van der Waals surface area contributed by atoms with E-state index in [0.717, 1.165) is 4.90 Å². The van der Waals surface area contributed by atoms with Gasteiger partial charge >= 0.3 is 0 Å². The van der Waals surface area contributed by atoms with Crippen LogP contribution in [0.15, 0.2) is 60.7 Å². The fourth-order valence-electron chi connectivity index (χ4n) is 3.41. The van der Waals surface area contributed by atoms with Crippen LogP contribution in [0.4, 0.5) is 15.8 Å². The van der Waals surface area contributed by atoms with Crippen LogP contribution in [0, 0.1) is 5.82 Å². The first-order chi connectivity index (χ1) is 16.2. The van der Waals surface area contributed by atoms with E-state index in [-0.39, 0.29) is 46.4 Å². The summed E-state index contributed by atoms with van der Waals surface area (Å²) in [4.78, 5) is 50.9. The molecule has 0 radical (unpaired) electrons. The molecule has 34 heavy (non-hydrogen) atoms. The van der Waals surface area contributed by atoms with Crippen molar-refractivity contribution in [1.29, 1.82) is 0 Å². The molecule has 0 saturated carbocycles. The van der Waals surface area contributed by atoms with E-state index in [2.05, 4.69) is 10.6 Å². The van der Waals surface area contributed by atoms with Crippen LogP contribution < -0.4 is 15.5 Å². The van der Waals surface area contributed by atoms with Crippen molar-refractivity contribution in [3.05, 3.63) is 93.2 Å². The van der Waals surface area contributed by atoms with Crippen molar-refractivity contribution in [1.82, 2.24) is 5.32 Å². The van der Waals surface area contributed by atoms with E-state index in [1.165, 1.54) is 60.7 Å². The highest BCUT2D eigenvalue weighted by Crippen LogP contribution is 2.31. The molecule has 0 fully saturated rings. The minimum absolute atomic E-state index is 0.0661. The lowest BCUT2D eigenvalue weighted by atomic mass is 10.1. The van der Waals surface area contributed by atoms with E-state index in [4.69, 9.17) is 23.2 Å². The lowest BCUT2D eigenvalue weighted by Crippen LogP contribution is -2.39. The summed E-state index contributed by atoms with van der Waals surface area (Å²) in [7, 11) is 0. The Morgan fingerprint density at radius 1 is 0.941 bits per heavy atom. The zero-order valence-corrected chi connectivity index (χ0v) is 18.9. The molecule has 172 valence electrons. The van der Waals surface area contributed by atoms with Crippen LogP contribution in [0.5, 0.6) is 0 Å². The van der Waals surface area contributed by atoms with Gasteiger partial charge < -0.3 is 10.6 Å². The number of carbonyl (C=O) groups is 4. The van der Waals surface area contributed by atoms with Crippen molar-refractivity contribution in [2.75, 3.05) is 16.8 Å². The van der Waals surface area contributed by atoms with Crippen LogP contribution in [0.2, 0.25) is 10.0 Å². The average molecular weight is 500 g/mol. The molecular formula is C24H16Cl2FN3O4. The third-order valence-corrected chi connectivity index (χ3v) is 5.66. The highest BCUT2D eigenvalue weighted by atomic mass is 35.5. The molecule has 2 N–H and O–H groups in total. The van der Waals surface area contributed by atoms with Crippen molar-refractivity contribution in [3.8, 4) is 0 Å². The van der Waals surface area contributed by atoms with Gasteiger partial charge in [0.05, 0.1) is 21.8 Å². The molecule has 3 aromatic rings. The number of hydrogen-bond acceptors (Lipinski definition) is 4. The number of hydrogen-bond donors (Lipinski definition) is 2. The second-order valence-corrected chi connectivity index (χ2v) is 8.28. The van der Waals surface area contributed by atoms with Gasteiger partial charge in [0.15, 0.2) is 0 Å². The number of fused-ring (bicyclic) bond motifs is 1. The Labute approximate surface area is 203 Å². The maximum absolute atomic E-state index is 13.0. The van der Waals surface area contributed by atoms with Crippen LogP contribution in [-0.4, -0.2) is 30.0 Å². The van der Waals surface area contributed by atoms with E-state index >= 15 is 0 Å². The van der Waals surface area contributed by atoms with Crippen LogP contribution in [0.25, 0.3) is 0 Å². The molecule has 0 atom stereocenters. The predicted octanol–water partition coefficient (Wildman–Crippen LogP) is 4.23. The maximum Gasteiger partial charge on any atom is 0.299 e. The van der Waals surface area contributed by atoms with Gasteiger partial charge in [0.2, 0.25) is 5.91 Å². The number of halogens is 3. The molecule has 4 rings (SSSR count). The quantitative estimate of drug-likeness (QED) is 0.496. The third-order valence-electron chi connectivity index (χ3n) is 5.11. The van der Waals surface area contributed by atoms with Gasteiger partial charge in [-0.2, -0.15) is 0 Å². The SMILES string of the molecule is O=C(CN1C(=O)C(=O)c2cc(NC(=O)c3ccc(Cl)cc3Cl)ccc21)NCc1ccc(F)cc1. The summed E-state index contributed by atoms with van der Waals surface area (Å²) < 4.78 is 13.0. The minimum Gasteiger partial charge on any atom is -0.350 e. The molecule has 0 spiro atoms. The topological polar surface area (TPSA) is 95.6 Å². The Bertz CT molecular complexity index is 1330. The summed E-state index contributed by atoms with van der Waals surface area (Å²) in [6.45, 7) is -0.231. The Morgan fingerprint density at radius 2 is 1.68 bits per heavy atom. The fourth-order valence-corrected chi connectivity index (χ4v) is 3.90. The van der Waals surface area contributed by atoms with Gasteiger partial charge in [-0.05, 0) is 54.1 Å². The van der Waals surface area contributed by atoms with E-state index in [9.17, 15) is 23.6 Å². The number of benzene rings is 3. The molecule has 1 aliphatic rings. The van der Waals surface area contributed by atoms with Crippen molar-refractivity contribution in [2.45, 2.75) is 6.54 Å². The average Bonchev–Trinajstić information content (AvgIpc) is 3.03. The van der Waals surface area contributed by atoms with Gasteiger partial charge in [-0.3, -0.25) is 24.1 Å². The first-order valence-corrected chi connectivity index (χ1v) is 10.8. The highest BCUT2D eigenvalue weighted by Gasteiger charge is 2.37. The second-order valence-electron chi connectivity index (χ2n) is 7.43. The molecule has 0 aromatic heterocycles. The van der Waals surface area contributed by atoms with Gasteiger partial charge in [0.25, 0.3) is 17.6 Å². The molecule has 0 aliphatic carbocycles. The second kappa shape index (κ2) is 9.62. The number of amides is 3. The summed E-state index contributed by atoms with van der Waals surface area (Å²) in [5.41, 5.74) is 1.47. The van der Waals surface area contributed by atoms with Gasteiger partial charge in [-0.25, -0.2) is 4.39 Å². The number of nitrogens with one attached hydrogen (secondary N) is 2. The molecule has 3 amide bonds. The van der Waals surface area contributed by atoms with Crippen molar-refractivity contribution in [3.63, 3.8) is 0 Å². The van der Waals surface area contributed by atoms with E-state index < -0.39 is 23.5 Å². The number of nitrogens with zero attached hydrogens (tertiary/aromatic N) is 1. The van der Waals surface area contributed by atoms with Gasteiger partial charge in [-0.1, -0.05) is 35.3 Å². The van der Waals surface area contributed by atoms with Crippen molar-refractivity contribution >= 4 is 58.1 Å². The lowest BCUT2D eigenvalue weighted by molar-refractivity contribution is -0.122. The van der Waals surface area contributed by atoms with Crippen LogP contribution in [0.1, 0.15) is 26.3 Å². The smallest absolute Gasteiger partial charge is 0.299 e. The number of ketones is 1. The summed E-state index contributed by atoms with van der Waals surface area (Å²) in [6.07, 6.45) is 0. The fraction of sp³-hybridized carbons (Fsp3) is 0.0833. The first kappa shape index (κ1) is 23.4. The number of carbonyl (C=O) groups excluding carboxylic acids is 4. The Kier molecular flexibility index (Phi) is 6.63. The summed E-state index contributed by atoms with van der Waals surface area (Å²) in [5, 5.41) is 5.80. The summed E-state index contributed by atoms with van der Waals surface area (Å²) in [6, 6.07) is 14.4. The molecule has 3 aromatic carbocycles. The largest absolute Gasteiger partial charge is 0.350 e. The summed E-state index contributed by atoms with van der Waals surface area (Å²) in [5.74, 6) is -3.04. The van der Waals surface area contributed by atoms with Crippen molar-refractivity contribution in [2.24, 2.45) is 0 Å². The number of anilines is 2. The zero-order chi connectivity index (χ0) is 24.4. The van der Waals surface area contributed by atoms with Gasteiger partial charge in [0.1, 0.15) is 12.4 Å². The van der Waals surface area contributed by atoms with Gasteiger partial charge in [0, 0.05) is 17.3 Å². The maximum atomic E-state index is 13.0. The number of Topliss-reactive ketones (excluding diaryl/α,β-unsaturated/α-hetero) is 1. The van der Waals surface area contributed by atoms with Crippen LogP contribution in [-0.2, 0) is 16.1 Å². The molecule has 1 heterocycles. The molecular weight excluding hydrogens is 484 g/mol. The van der Waals surface area contributed by atoms with Crippen LogP contribution >= 0.6 is 23.2 Å². The molecule has 0 bridgehead atoms. The Hall–Kier alpha value is -3.75. The molecule has 0 saturated heterocycles. The monoisotopic (exact) mass is 499 g/mol. The standard InChI is InChI=1S/C24H16Cl2FN3O4/c25-14-3-7-17(19(26)9-14)23(33)29-16-6-8-20-18(10-16)22(32)24(34)30(20)12-21(31)28-11-13-1-4-15(27)5-2-13/h1-10H,11-12H2,(H,28,31)(H,29,33). The van der Waals surface area contributed by atoms with Crippen molar-refractivity contribution < 1.29 is 23.6 Å². The molecule has 0 unspecified atom stereocenters. The molecule has 10 heteroatoms. The van der Waals surface area contributed by atoms with Crippen LogP contribution in [0.3, 0.4) is 0 Å². The minimum atomic E-state index is -0.851. The van der Waals surface area contributed by atoms with E-state index in [1.807, 2.05) is 0 Å². The van der Waals surface area contributed by atoms with Gasteiger partial charge in [-0.15, -0.1) is 0 Å². The van der Waals surface area contributed by atoms with E-state index in [0.29, 0.717) is 10.6 Å². The first-order valence-electron chi connectivity index (χ1n) is 10.0.